The first kappa shape index (κ1) is 23.4. The second-order valence-electron chi connectivity index (χ2n) is 7.31. The van der Waals surface area contributed by atoms with Crippen LogP contribution in [0.15, 0.2) is 69.6 Å². The summed E-state index contributed by atoms with van der Waals surface area (Å²) in [5.41, 5.74) is 2.12. The van der Waals surface area contributed by atoms with E-state index in [-0.39, 0.29) is 18.8 Å². The summed E-state index contributed by atoms with van der Waals surface area (Å²) in [4.78, 5) is 31.6. The molecule has 1 aromatic heterocycles. The number of thiazole rings is 1. The third kappa shape index (κ3) is 4.96. The Balaban J connectivity index is 1.87. The Bertz CT molecular complexity index is 1390. The molecule has 0 spiro atoms. The number of carbonyl (C=O) groups excluding carboxylic acids is 1. The first-order chi connectivity index (χ1) is 15.9. The Hall–Kier alpha value is -2.71. The van der Waals surface area contributed by atoms with Crippen molar-refractivity contribution < 1.29 is 14.3 Å². The Morgan fingerprint density at radius 3 is 2.36 bits per heavy atom. The largest absolute Gasteiger partial charge is 0.460 e. The number of rotatable bonds is 6. The van der Waals surface area contributed by atoms with Crippen LogP contribution >= 0.6 is 34.5 Å². The number of methoxy groups -OCH3 is 1. The zero-order valence-corrected chi connectivity index (χ0v) is 20.2. The molecule has 0 radical (unpaired) electrons. The summed E-state index contributed by atoms with van der Waals surface area (Å²) in [6.07, 6.45) is 1.79. The van der Waals surface area contributed by atoms with Crippen LogP contribution in [-0.2, 0) is 14.3 Å². The predicted molar refractivity (Wildman–Crippen MR) is 130 cm³/mol. The van der Waals surface area contributed by atoms with Crippen molar-refractivity contribution in [3.05, 3.63) is 101 Å². The number of benzene rings is 2. The third-order valence-corrected chi connectivity index (χ3v) is 6.60. The quantitative estimate of drug-likeness (QED) is 0.380. The summed E-state index contributed by atoms with van der Waals surface area (Å²) >= 11 is 13.3. The molecule has 0 aliphatic carbocycles. The molecule has 1 unspecified atom stereocenters. The van der Waals surface area contributed by atoms with Crippen molar-refractivity contribution in [2.75, 3.05) is 20.3 Å². The zero-order valence-electron chi connectivity index (χ0n) is 17.9. The molecule has 0 saturated heterocycles. The monoisotopic (exact) mass is 502 g/mol. The highest BCUT2D eigenvalue weighted by atomic mass is 35.5. The normalized spacial score (nSPS) is 15.9. The number of carbonyl (C=O) groups is 1. The molecular weight excluding hydrogens is 483 g/mol. The van der Waals surface area contributed by atoms with Crippen LogP contribution in [-0.4, -0.2) is 30.9 Å². The van der Waals surface area contributed by atoms with Gasteiger partial charge >= 0.3 is 5.97 Å². The van der Waals surface area contributed by atoms with Crippen LogP contribution in [0.1, 0.15) is 24.1 Å². The molecule has 0 fully saturated rings. The maximum Gasteiger partial charge on any atom is 0.338 e. The smallest absolute Gasteiger partial charge is 0.338 e. The first-order valence-corrected chi connectivity index (χ1v) is 11.7. The van der Waals surface area contributed by atoms with Gasteiger partial charge in [0.15, 0.2) is 4.80 Å². The average Bonchev–Trinajstić information content (AvgIpc) is 3.09. The van der Waals surface area contributed by atoms with E-state index in [1.54, 1.807) is 49.4 Å². The molecule has 1 aliphatic rings. The lowest BCUT2D eigenvalue weighted by Gasteiger charge is -2.24. The lowest BCUT2D eigenvalue weighted by atomic mass is 9.96. The van der Waals surface area contributed by atoms with Gasteiger partial charge in [-0.25, -0.2) is 9.79 Å². The van der Waals surface area contributed by atoms with Crippen molar-refractivity contribution in [3.63, 3.8) is 0 Å². The van der Waals surface area contributed by atoms with E-state index in [2.05, 4.69) is 4.99 Å². The van der Waals surface area contributed by atoms with Gasteiger partial charge < -0.3 is 9.47 Å². The zero-order chi connectivity index (χ0) is 23.5. The van der Waals surface area contributed by atoms with Crippen LogP contribution in [0.5, 0.6) is 0 Å². The summed E-state index contributed by atoms with van der Waals surface area (Å²) in [6, 6.07) is 13.5. The van der Waals surface area contributed by atoms with E-state index in [1.807, 2.05) is 12.1 Å². The van der Waals surface area contributed by atoms with Crippen LogP contribution in [0, 0.1) is 0 Å². The van der Waals surface area contributed by atoms with Crippen LogP contribution in [0.4, 0.5) is 0 Å². The number of hydrogen-bond donors (Lipinski definition) is 0. The van der Waals surface area contributed by atoms with Gasteiger partial charge in [-0.2, -0.15) is 0 Å². The van der Waals surface area contributed by atoms with E-state index in [0.717, 1.165) is 11.1 Å². The Morgan fingerprint density at radius 2 is 1.73 bits per heavy atom. The predicted octanol–water partition coefficient (Wildman–Crippen LogP) is 3.73. The van der Waals surface area contributed by atoms with Gasteiger partial charge in [0.1, 0.15) is 6.61 Å². The summed E-state index contributed by atoms with van der Waals surface area (Å²) in [6.45, 7) is 2.11. The molecule has 0 N–H and O–H groups in total. The van der Waals surface area contributed by atoms with Gasteiger partial charge in [0.25, 0.3) is 5.56 Å². The van der Waals surface area contributed by atoms with Crippen molar-refractivity contribution >= 4 is 46.6 Å². The van der Waals surface area contributed by atoms with Crippen molar-refractivity contribution in [3.8, 4) is 0 Å². The summed E-state index contributed by atoms with van der Waals surface area (Å²) in [5.74, 6) is -0.541. The number of esters is 1. The number of hydrogen-bond acceptors (Lipinski definition) is 6. The Kier molecular flexibility index (Phi) is 7.14. The molecule has 33 heavy (non-hydrogen) atoms. The van der Waals surface area contributed by atoms with Gasteiger partial charge in [-0.05, 0) is 48.4 Å². The van der Waals surface area contributed by atoms with Gasteiger partial charge in [0, 0.05) is 17.2 Å². The fraction of sp³-hybridized carbons (Fsp3) is 0.208. The van der Waals surface area contributed by atoms with Crippen molar-refractivity contribution in [1.29, 1.82) is 0 Å². The minimum atomic E-state index is -0.694. The molecule has 4 rings (SSSR count). The van der Waals surface area contributed by atoms with Crippen LogP contribution in [0.25, 0.3) is 6.08 Å². The Labute approximate surface area is 204 Å². The Morgan fingerprint density at radius 1 is 1.09 bits per heavy atom. The average molecular weight is 503 g/mol. The molecule has 170 valence electrons. The van der Waals surface area contributed by atoms with Crippen molar-refractivity contribution in [2.24, 2.45) is 4.99 Å². The highest BCUT2D eigenvalue weighted by molar-refractivity contribution is 7.07. The van der Waals surface area contributed by atoms with Gasteiger partial charge in [-0.1, -0.05) is 58.8 Å². The molecule has 1 aliphatic heterocycles. The van der Waals surface area contributed by atoms with E-state index in [4.69, 9.17) is 32.7 Å². The molecule has 2 aromatic carbocycles. The van der Waals surface area contributed by atoms with E-state index in [1.165, 1.54) is 23.0 Å². The molecular formula is C24H20Cl2N2O4S. The SMILES string of the molecule is COCCOC(=O)C1=C(C)N=c2sc(=Cc3ccc(Cl)cc3)c(=O)n2C1c1ccc(Cl)cc1. The number of aromatic nitrogens is 1. The molecule has 1 atom stereocenters. The topological polar surface area (TPSA) is 69.9 Å². The van der Waals surface area contributed by atoms with Crippen molar-refractivity contribution in [2.45, 2.75) is 13.0 Å². The van der Waals surface area contributed by atoms with Crippen LogP contribution in [0.3, 0.4) is 0 Å². The maximum absolute atomic E-state index is 13.5. The lowest BCUT2D eigenvalue weighted by molar-refractivity contribution is -0.140. The number of ether oxygens (including phenoxy) is 2. The fourth-order valence-electron chi connectivity index (χ4n) is 3.55. The van der Waals surface area contributed by atoms with Crippen LogP contribution in [0.2, 0.25) is 10.0 Å². The van der Waals surface area contributed by atoms with E-state index in [9.17, 15) is 9.59 Å². The van der Waals surface area contributed by atoms with E-state index >= 15 is 0 Å². The molecule has 0 bridgehead atoms. The third-order valence-electron chi connectivity index (χ3n) is 5.12. The highest BCUT2D eigenvalue weighted by Gasteiger charge is 2.33. The fourth-order valence-corrected chi connectivity index (χ4v) is 4.85. The lowest BCUT2D eigenvalue weighted by Crippen LogP contribution is -2.40. The standard InChI is InChI=1S/C24H20Cl2N2O4S/c1-14-20(23(30)32-12-11-31-2)21(16-5-9-18(26)10-6-16)28-22(29)19(33-24(28)27-14)13-15-3-7-17(25)8-4-15/h3-10,13,21H,11-12H2,1-2H3. The highest BCUT2D eigenvalue weighted by Crippen LogP contribution is 2.31. The molecule has 0 amide bonds. The second-order valence-corrected chi connectivity index (χ2v) is 9.20. The van der Waals surface area contributed by atoms with Gasteiger partial charge in [-0.3, -0.25) is 9.36 Å². The number of allylic oxidation sites excluding steroid dienone is 1. The first-order valence-electron chi connectivity index (χ1n) is 10.1. The summed E-state index contributed by atoms with van der Waals surface area (Å²) in [7, 11) is 1.53. The molecule has 2 heterocycles. The molecule has 9 heteroatoms. The summed E-state index contributed by atoms with van der Waals surface area (Å²) < 4.78 is 12.4. The van der Waals surface area contributed by atoms with Gasteiger partial charge in [-0.15, -0.1) is 0 Å². The van der Waals surface area contributed by atoms with Crippen LogP contribution < -0.4 is 14.9 Å². The number of fused-ring (bicyclic) bond motifs is 1. The maximum atomic E-state index is 13.5. The minimum absolute atomic E-state index is 0.0977. The second kappa shape index (κ2) is 10.1. The van der Waals surface area contributed by atoms with E-state index < -0.39 is 12.0 Å². The summed E-state index contributed by atoms with van der Waals surface area (Å²) in [5, 5.41) is 1.17. The molecule has 3 aromatic rings. The molecule has 0 saturated carbocycles. The minimum Gasteiger partial charge on any atom is -0.460 e. The van der Waals surface area contributed by atoms with Gasteiger partial charge in [0.05, 0.1) is 28.5 Å². The van der Waals surface area contributed by atoms with Gasteiger partial charge in [0.2, 0.25) is 0 Å². The van der Waals surface area contributed by atoms with Crippen molar-refractivity contribution in [1.82, 2.24) is 4.57 Å². The number of nitrogens with zero attached hydrogens (tertiary/aromatic N) is 2. The molecule has 6 nitrogen and oxygen atoms in total. The number of halogens is 2. The van der Waals surface area contributed by atoms with E-state index in [0.29, 0.717) is 30.6 Å².